The highest BCUT2D eigenvalue weighted by Gasteiger charge is 2.11. The summed E-state index contributed by atoms with van der Waals surface area (Å²) in [5, 5.41) is 2.99. The minimum Gasteiger partial charge on any atom is -0.486 e. The smallest absolute Gasteiger partial charge is 0.244 e. The number of nitrogens with one attached hydrogen (secondary N) is 2. The molecule has 0 atom stereocenters. The zero-order valence-corrected chi connectivity index (χ0v) is 16.7. The lowest BCUT2D eigenvalue weighted by molar-refractivity contribution is -0.910. The van der Waals surface area contributed by atoms with Crippen LogP contribution < -0.4 is 19.7 Å². The van der Waals surface area contributed by atoms with E-state index in [1.54, 1.807) is 12.2 Å². The molecule has 2 aromatic rings. The molecular formula is C23H29N2O3+. The molecule has 0 saturated heterocycles. The second kappa shape index (κ2) is 9.95. The first-order valence-corrected chi connectivity index (χ1v) is 9.95. The van der Waals surface area contributed by atoms with E-state index in [0.29, 0.717) is 19.8 Å². The average molecular weight is 381 g/mol. The fourth-order valence-electron chi connectivity index (χ4n) is 3.25. The summed E-state index contributed by atoms with van der Waals surface area (Å²) in [5.74, 6) is 1.36. The van der Waals surface area contributed by atoms with Gasteiger partial charge in [-0.15, -0.1) is 0 Å². The van der Waals surface area contributed by atoms with Gasteiger partial charge >= 0.3 is 0 Å². The van der Waals surface area contributed by atoms with E-state index in [2.05, 4.69) is 37.4 Å². The van der Waals surface area contributed by atoms with Gasteiger partial charge in [0, 0.05) is 18.2 Å². The summed E-state index contributed by atoms with van der Waals surface area (Å²) >= 11 is 0. The highest BCUT2D eigenvalue weighted by Crippen LogP contribution is 2.31. The number of fused-ring (bicyclic) bond motifs is 1. The third-order valence-corrected chi connectivity index (χ3v) is 5.01. The monoisotopic (exact) mass is 381 g/mol. The van der Waals surface area contributed by atoms with Gasteiger partial charge in [-0.2, -0.15) is 0 Å². The number of carbonyl (C=O) groups is 1. The van der Waals surface area contributed by atoms with Crippen LogP contribution in [0.15, 0.2) is 48.5 Å². The minimum atomic E-state index is -0.111. The predicted molar refractivity (Wildman–Crippen MR) is 111 cm³/mol. The maximum atomic E-state index is 12.3. The van der Waals surface area contributed by atoms with Crippen molar-refractivity contribution >= 4 is 12.0 Å². The number of amides is 1. The van der Waals surface area contributed by atoms with Crippen molar-refractivity contribution in [2.75, 3.05) is 26.3 Å². The Balaban J connectivity index is 1.58. The highest BCUT2D eigenvalue weighted by molar-refractivity contribution is 5.91. The predicted octanol–water partition coefficient (Wildman–Crippen LogP) is 2.21. The number of hydrogen-bond acceptors (Lipinski definition) is 3. The largest absolute Gasteiger partial charge is 0.486 e. The number of benzene rings is 2. The summed E-state index contributed by atoms with van der Waals surface area (Å²) < 4.78 is 11.1. The molecular weight excluding hydrogens is 352 g/mol. The van der Waals surface area contributed by atoms with Crippen LogP contribution in [0, 0.1) is 0 Å². The van der Waals surface area contributed by atoms with Crippen LogP contribution in [-0.2, 0) is 17.9 Å². The Labute approximate surface area is 167 Å². The van der Waals surface area contributed by atoms with Crippen molar-refractivity contribution in [1.29, 1.82) is 0 Å². The molecule has 2 N–H and O–H groups in total. The molecule has 0 spiro atoms. The second-order valence-corrected chi connectivity index (χ2v) is 6.86. The molecule has 0 fully saturated rings. The summed E-state index contributed by atoms with van der Waals surface area (Å²) in [6.45, 7) is 9.22. The van der Waals surface area contributed by atoms with E-state index in [1.807, 2.05) is 24.3 Å². The van der Waals surface area contributed by atoms with Crippen molar-refractivity contribution in [3.63, 3.8) is 0 Å². The minimum absolute atomic E-state index is 0.111. The van der Waals surface area contributed by atoms with Gasteiger partial charge in [-0.05, 0) is 43.2 Å². The molecule has 1 amide bonds. The molecule has 0 aromatic heterocycles. The standard InChI is InChI=1S/C23H28N2O3/c1-3-25(4-2)17-20-8-6-5-7-19(20)16-24-23(26)12-10-18-9-11-21-22(15-18)28-14-13-27-21/h5-12,15H,3-4,13-14,16-17H2,1-2H3,(H,24,26)/p+1/b12-10+. The topological polar surface area (TPSA) is 52.0 Å². The molecule has 1 aliphatic rings. The van der Waals surface area contributed by atoms with Crippen molar-refractivity contribution in [2.45, 2.75) is 26.9 Å². The number of ether oxygens (including phenoxy) is 2. The first kappa shape index (κ1) is 20.0. The molecule has 0 saturated carbocycles. The molecule has 0 unspecified atom stereocenters. The van der Waals surface area contributed by atoms with Gasteiger partial charge in [0.05, 0.1) is 13.1 Å². The van der Waals surface area contributed by atoms with Crippen LogP contribution in [-0.4, -0.2) is 32.2 Å². The molecule has 5 heteroatoms. The van der Waals surface area contributed by atoms with Crippen LogP contribution in [0.25, 0.3) is 6.08 Å². The summed E-state index contributed by atoms with van der Waals surface area (Å²) in [6.07, 6.45) is 3.35. The SMILES string of the molecule is CC[NH+](CC)Cc1ccccc1CNC(=O)/C=C/c1ccc2c(c1)OCCO2. The van der Waals surface area contributed by atoms with Crippen molar-refractivity contribution in [1.82, 2.24) is 5.32 Å². The van der Waals surface area contributed by atoms with Crippen LogP contribution in [0.3, 0.4) is 0 Å². The molecule has 2 aromatic carbocycles. The normalized spacial score (nSPS) is 13.1. The first-order valence-electron chi connectivity index (χ1n) is 9.95. The van der Waals surface area contributed by atoms with Gasteiger partial charge in [0.25, 0.3) is 0 Å². The molecule has 3 rings (SSSR count). The van der Waals surface area contributed by atoms with Gasteiger partial charge in [0.2, 0.25) is 5.91 Å². The summed E-state index contributed by atoms with van der Waals surface area (Å²) in [6, 6.07) is 14.0. The number of rotatable bonds is 8. The summed E-state index contributed by atoms with van der Waals surface area (Å²) in [5.41, 5.74) is 3.37. The van der Waals surface area contributed by atoms with Crippen LogP contribution in [0.2, 0.25) is 0 Å². The number of quaternary nitrogens is 1. The quantitative estimate of drug-likeness (QED) is 0.690. The lowest BCUT2D eigenvalue weighted by atomic mass is 10.1. The molecule has 1 aliphatic heterocycles. The Kier molecular flexibility index (Phi) is 7.09. The third kappa shape index (κ3) is 5.36. The lowest BCUT2D eigenvalue weighted by Crippen LogP contribution is -3.10. The Bertz CT molecular complexity index is 828. The summed E-state index contributed by atoms with van der Waals surface area (Å²) in [4.78, 5) is 13.8. The molecule has 0 radical (unpaired) electrons. The van der Waals surface area contributed by atoms with E-state index in [1.165, 1.54) is 16.0 Å². The van der Waals surface area contributed by atoms with Crippen LogP contribution in [0.4, 0.5) is 0 Å². The Morgan fingerprint density at radius 3 is 2.50 bits per heavy atom. The number of carbonyl (C=O) groups excluding carboxylic acids is 1. The maximum Gasteiger partial charge on any atom is 0.244 e. The highest BCUT2D eigenvalue weighted by atomic mass is 16.6. The average Bonchev–Trinajstić information content (AvgIpc) is 2.75. The van der Waals surface area contributed by atoms with Crippen molar-refractivity contribution in [3.8, 4) is 11.5 Å². The van der Waals surface area contributed by atoms with Gasteiger partial charge in [-0.1, -0.05) is 30.3 Å². The zero-order chi connectivity index (χ0) is 19.8. The fourth-order valence-corrected chi connectivity index (χ4v) is 3.25. The Hall–Kier alpha value is -2.79. The number of hydrogen-bond donors (Lipinski definition) is 2. The fraction of sp³-hybridized carbons (Fsp3) is 0.348. The van der Waals surface area contributed by atoms with Gasteiger partial charge in [-0.25, -0.2) is 0 Å². The van der Waals surface area contributed by atoms with E-state index >= 15 is 0 Å². The van der Waals surface area contributed by atoms with Crippen LogP contribution in [0.1, 0.15) is 30.5 Å². The molecule has 0 bridgehead atoms. The van der Waals surface area contributed by atoms with Crippen LogP contribution in [0.5, 0.6) is 11.5 Å². The van der Waals surface area contributed by atoms with Crippen molar-refractivity contribution in [3.05, 3.63) is 65.2 Å². The van der Waals surface area contributed by atoms with Crippen molar-refractivity contribution < 1.29 is 19.2 Å². The van der Waals surface area contributed by atoms with Gasteiger partial charge in [0.1, 0.15) is 19.8 Å². The van der Waals surface area contributed by atoms with E-state index in [-0.39, 0.29) is 5.91 Å². The lowest BCUT2D eigenvalue weighted by Gasteiger charge is -2.18. The van der Waals surface area contributed by atoms with E-state index in [9.17, 15) is 4.79 Å². The zero-order valence-electron chi connectivity index (χ0n) is 16.7. The molecule has 28 heavy (non-hydrogen) atoms. The van der Waals surface area contributed by atoms with E-state index < -0.39 is 0 Å². The summed E-state index contributed by atoms with van der Waals surface area (Å²) in [7, 11) is 0. The van der Waals surface area contributed by atoms with Gasteiger partial charge in [-0.3, -0.25) is 4.79 Å². The second-order valence-electron chi connectivity index (χ2n) is 6.86. The van der Waals surface area contributed by atoms with Crippen LogP contribution >= 0.6 is 0 Å². The van der Waals surface area contributed by atoms with E-state index in [0.717, 1.165) is 36.7 Å². The molecule has 148 valence electrons. The third-order valence-electron chi connectivity index (χ3n) is 5.01. The first-order chi connectivity index (χ1) is 13.7. The maximum absolute atomic E-state index is 12.3. The Morgan fingerprint density at radius 1 is 1.04 bits per heavy atom. The van der Waals surface area contributed by atoms with Gasteiger partial charge in [0.15, 0.2) is 11.5 Å². The molecule has 5 nitrogen and oxygen atoms in total. The van der Waals surface area contributed by atoms with Crippen molar-refractivity contribution in [2.24, 2.45) is 0 Å². The van der Waals surface area contributed by atoms with E-state index in [4.69, 9.17) is 9.47 Å². The van der Waals surface area contributed by atoms with Gasteiger partial charge < -0.3 is 19.7 Å². The molecule has 1 heterocycles. The molecule has 0 aliphatic carbocycles. The Morgan fingerprint density at radius 2 is 1.75 bits per heavy atom.